The Morgan fingerprint density at radius 3 is 1.96 bits per heavy atom. The molecule has 232 valence electrons. The van der Waals surface area contributed by atoms with Crippen LogP contribution in [0.5, 0.6) is 0 Å². The maximum atomic E-state index is 5.40. The molecule has 0 saturated heterocycles. The van der Waals surface area contributed by atoms with Crippen LogP contribution in [0.4, 0.5) is 0 Å². The van der Waals surface area contributed by atoms with Crippen LogP contribution in [0, 0.1) is 0 Å². The molecule has 1 aliphatic rings. The molecule has 0 bridgehead atoms. The monoisotopic (exact) mass is 652 g/mol. The summed E-state index contributed by atoms with van der Waals surface area (Å²) in [5.41, 5.74) is 6.54. The molecule has 0 radical (unpaired) electrons. The summed E-state index contributed by atoms with van der Waals surface area (Å²) in [6, 6.07) is 57.4. The van der Waals surface area contributed by atoms with Crippen LogP contribution >= 0.6 is 0 Å². The first-order valence-corrected chi connectivity index (χ1v) is 19.0. The van der Waals surface area contributed by atoms with Gasteiger partial charge in [-0.3, -0.25) is 9.55 Å². The maximum Gasteiger partial charge on any atom is 0.235 e. The minimum Gasteiger partial charge on any atom is -0.276 e. The van der Waals surface area contributed by atoms with Crippen LogP contribution in [-0.2, 0) is 0 Å². The zero-order valence-electron chi connectivity index (χ0n) is 27.0. The van der Waals surface area contributed by atoms with E-state index in [0.717, 1.165) is 43.6 Å². The number of rotatable bonds is 3. The zero-order chi connectivity index (χ0) is 32.8. The maximum absolute atomic E-state index is 5.40. The Labute approximate surface area is 289 Å². The molecule has 0 aliphatic carbocycles. The number of hydrogen-bond acceptors (Lipinski definition) is 3. The average Bonchev–Trinajstić information content (AvgIpc) is 3.70. The van der Waals surface area contributed by atoms with Crippen LogP contribution in [0.15, 0.2) is 170 Å². The van der Waals surface area contributed by atoms with Crippen LogP contribution in [0.2, 0.25) is 0 Å². The van der Waals surface area contributed by atoms with Crippen molar-refractivity contribution in [1.29, 1.82) is 0 Å². The Morgan fingerprint density at radius 1 is 0.500 bits per heavy atom. The van der Waals surface area contributed by atoms with Crippen LogP contribution in [-0.4, -0.2) is 27.6 Å². The Morgan fingerprint density at radius 2 is 1.16 bits per heavy atom. The topological polar surface area (TPSA) is 43.6 Å². The van der Waals surface area contributed by atoms with Crippen molar-refractivity contribution < 1.29 is 0 Å². The summed E-state index contributed by atoms with van der Waals surface area (Å²) in [4.78, 5) is 15.6. The molecule has 7 aromatic carbocycles. The first kappa shape index (κ1) is 27.5. The van der Waals surface area contributed by atoms with Gasteiger partial charge in [0.05, 0.1) is 22.1 Å². The van der Waals surface area contributed by atoms with Gasteiger partial charge in [-0.05, 0) is 54.6 Å². The summed E-state index contributed by atoms with van der Waals surface area (Å²) in [6.45, 7) is 0. The number of aromatic nitrogens is 4. The van der Waals surface area contributed by atoms with Gasteiger partial charge in [-0.1, -0.05) is 146 Å². The molecule has 4 heterocycles. The van der Waals surface area contributed by atoms with Crippen molar-refractivity contribution in [3.63, 3.8) is 0 Å². The Hall–Kier alpha value is -6.43. The third kappa shape index (κ3) is 3.51. The minimum absolute atomic E-state index is 0.649. The van der Waals surface area contributed by atoms with E-state index < -0.39 is 8.07 Å². The first-order valence-electron chi connectivity index (χ1n) is 17.0. The molecule has 0 spiro atoms. The van der Waals surface area contributed by atoms with E-state index in [4.69, 9.17) is 15.0 Å². The lowest BCUT2D eigenvalue weighted by Crippen LogP contribution is -2.73. The standard InChI is InChI=1S/C45H28N4Si/c1-3-15-31(16-4-1)50(32-17-5-2-6-18-32)38-24-12-11-22-36(38)40-43-39(34-20-9-10-21-35(34)44(40)50)42-37(23-13-27-46-42)49(43)45-47-28-30-26-25-29-14-7-8-19-33(29)41(30)48-45/h1-28H. The van der Waals surface area contributed by atoms with Gasteiger partial charge in [0.2, 0.25) is 5.95 Å². The van der Waals surface area contributed by atoms with Crippen molar-refractivity contribution in [2.75, 3.05) is 0 Å². The fourth-order valence-corrected chi connectivity index (χ4v) is 14.2. The van der Waals surface area contributed by atoms with Crippen molar-refractivity contribution in [2.24, 2.45) is 0 Å². The van der Waals surface area contributed by atoms with Gasteiger partial charge in [0.15, 0.2) is 8.07 Å². The third-order valence-corrected chi connectivity index (χ3v) is 15.6. The average molecular weight is 653 g/mol. The van der Waals surface area contributed by atoms with Gasteiger partial charge in [0, 0.05) is 34.1 Å². The molecular formula is C45H28N4Si. The molecule has 0 fully saturated rings. The lowest BCUT2D eigenvalue weighted by molar-refractivity contribution is 1.01. The highest BCUT2D eigenvalue weighted by Crippen LogP contribution is 2.44. The van der Waals surface area contributed by atoms with Crippen molar-refractivity contribution >= 4 is 83.2 Å². The third-order valence-electron chi connectivity index (χ3n) is 10.7. The first-order chi connectivity index (χ1) is 24.8. The minimum atomic E-state index is -2.83. The predicted molar refractivity (Wildman–Crippen MR) is 209 cm³/mol. The van der Waals surface area contributed by atoms with E-state index in [1.165, 1.54) is 42.6 Å². The van der Waals surface area contributed by atoms with E-state index in [-0.39, 0.29) is 0 Å². The van der Waals surface area contributed by atoms with E-state index in [1.807, 2.05) is 18.5 Å². The van der Waals surface area contributed by atoms with E-state index in [9.17, 15) is 0 Å². The predicted octanol–water partition coefficient (Wildman–Crippen LogP) is 7.79. The number of benzene rings is 7. The summed E-state index contributed by atoms with van der Waals surface area (Å²) in [6.07, 6.45) is 3.88. The molecule has 3 aromatic heterocycles. The van der Waals surface area contributed by atoms with Crippen molar-refractivity contribution in [2.45, 2.75) is 0 Å². The van der Waals surface area contributed by atoms with Crippen LogP contribution in [0.3, 0.4) is 0 Å². The molecule has 5 heteroatoms. The van der Waals surface area contributed by atoms with Gasteiger partial charge in [-0.2, -0.15) is 0 Å². The summed E-state index contributed by atoms with van der Waals surface area (Å²) in [7, 11) is -2.83. The molecule has 11 rings (SSSR count). The molecule has 0 unspecified atom stereocenters. The van der Waals surface area contributed by atoms with Gasteiger partial charge in [0.25, 0.3) is 0 Å². The molecule has 0 saturated carbocycles. The van der Waals surface area contributed by atoms with Gasteiger partial charge in [-0.15, -0.1) is 0 Å². The highest BCUT2D eigenvalue weighted by atomic mass is 28.3. The highest BCUT2D eigenvalue weighted by molar-refractivity contribution is 7.23. The highest BCUT2D eigenvalue weighted by Gasteiger charge is 2.51. The number of hydrogen-bond donors (Lipinski definition) is 0. The summed E-state index contributed by atoms with van der Waals surface area (Å²) >= 11 is 0. The second-order valence-electron chi connectivity index (χ2n) is 13.1. The SMILES string of the molecule is c1ccc([Si]2(c3ccccc3)c3ccccc3-c3c2c2ccccc2c2c4ncccc4n(-c4ncc5ccc6ccccc6c5n4)c32)cc1. The molecule has 50 heavy (non-hydrogen) atoms. The van der Waals surface area contributed by atoms with E-state index in [1.54, 1.807) is 0 Å². The number of fused-ring (bicyclic) bond motifs is 13. The normalized spacial score (nSPS) is 13.4. The molecule has 0 atom stereocenters. The van der Waals surface area contributed by atoms with Gasteiger partial charge >= 0.3 is 0 Å². The fraction of sp³-hybridized carbons (Fsp3) is 0. The van der Waals surface area contributed by atoms with E-state index in [0.29, 0.717) is 5.95 Å². The second kappa shape index (κ2) is 10.3. The smallest absolute Gasteiger partial charge is 0.235 e. The van der Waals surface area contributed by atoms with Crippen molar-refractivity contribution in [3.05, 3.63) is 170 Å². The summed E-state index contributed by atoms with van der Waals surface area (Å²) in [5.74, 6) is 0.649. The van der Waals surface area contributed by atoms with Gasteiger partial charge in [0.1, 0.15) is 0 Å². The van der Waals surface area contributed by atoms with E-state index in [2.05, 4.69) is 156 Å². The molecule has 10 aromatic rings. The van der Waals surface area contributed by atoms with Crippen LogP contribution < -0.4 is 20.7 Å². The lowest BCUT2D eigenvalue weighted by atomic mass is 9.97. The van der Waals surface area contributed by atoms with Gasteiger partial charge < -0.3 is 0 Å². The van der Waals surface area contributed by atoms with Crippen LogP contribution in [0.1, 0.15) is 0 Å². The van der Waals surface area contributed by atoms with Crippen molar-refractivity contribution in [1.82, 2.24) is 19.5 Å². The molecule has 4 nitrogen and oxygen atoms in total. The van der Waals surface area contributed by atoms with Crippen LogP contribution in [0.25, 0.3) is 71.5 Å². The zero-order valence-corrected chi connectivity index (χ0v) is 28.0. The van der Waals surface area contributed by atoms with Gasteiger partial charge in [-0.25, -0.2) is 9.97 Å². The van der Waals surface area contributed by atoms with Crippen molar-refractivity contribution in [3.8, 4) is 17.1 Å². The number of nitrogens with zero attached hydrogens (tertiary/aromatic N) is 4. The summed E-state index contributed by atoms with van der Waals surface area (Å²) < 4.78 is 2.29. The lowest BCUT2D eigenvalue weighted by Gasteiger charge is -2.32. The Bertz CT molecular complexity index is 2950. The molecule has 0 N–H and O–H groups in total. The largest absolute Gasteiger partial charge is 0.276 e. The van der Waals surface area contributed by atoms with E-state index >= 15 is 0 Å². The molecular weight excluding hydrogens is 625 g/mol. The molecule has 1 aliphatic heterocycles. The Kier molecular flexibility index (Phi) is 5.66. The summed E-state index contributed by atoms with van der Waals surface area (Å²) in [5, 5.41) is 12.5. The molecule has 0 amide bonds. The Balaban J connectivity index is 1.40. The fourth-order valence-electron chi connectivity index (χ4n) is 8.81. The number of pyridine rings is 1. The quantitative estimate of drug-likeness (QED) is 0.145. The second-order valence-corrected chi connectivity index (χ2v) is 16.8.